The molecule has 33 heavy (non-hydrogen) atoms. The van der Waals surface area contributed by atoms with E-state index in [0.29, 0.717) is 26.3 Å². The first-order valence-corrected chi connectivity index (χ1v) is 12.2. The van der Waals surface area contributed by atoms with Crippen molar-refractivity contribution in [1.29, 1.82) is 0 Å². The minimum Gasteiger partial charge on any atom is -0.493 e. The fraction of sp³-hybridized carbons (Fsp3) is 0.0435. The van der Waals surface area contributed by atoms with Gasteiger partial charge in [-0.1, -0.05) is 35.9 Å². The van der Waals surface area contributed by atoms with E-state index in [-0.39, 0.29) is 22.3 Å². The number of amidine groups is 1. The minimum absolute atomic E-state index is 0.00848. The summed E-state index contributed by atoms with van der Waals surface area (Å²) >= 11 is 7.05. The third kappa shape index (κ3) is 5.57. The third-order valence-corrected chi connectivity index (χ3v) is 6.84. The van der Waals surface area contributed by atoms with Crippen molar-refractivity contribution in [3.63, 3.8) is 0 Å². The maximum absolute atomic E-state index is 12.6. The van der Waals surface area contributed by atoms with Gasteiger partial charge in [0.15, 0.2) is 16.7 Å². The SMILES string of the molecule is COc1ccc(/C=C2\SC(=Nc3ccc(Cl)cc3)NC2=O)cc1OS(=O)(=O)c1ccccc1. The van der Waals surface area contributed by atoms with E-state index in [1.165, 1.54) is 37.1 Å². The Labute approximate surface area is 200 Å². The van der Waals surface area contributed by atoms with Gasteiger partial charge in [0.05, 0.1) is 17.7 Å². The maximum atomic E-state index is 12.6. The van der Waals surface area contributed by atoms with Gasteiger partial charge in [-0.05, 0) is 71.9 Å². The minimum atomic E-state index is -4.06. The molecule has 0 unspecified atom stereocenters. The first-order valence-electron chi connectivity index (χ1n) is 9.57. The highest BCUT2D eigenvalue weighted by Crippen LogP contribution is 2.34. The predicted molar refractivity (Wildman–Crippen MR) is 130 cm³/mol. The predicted octanol–water partition coefficient (Wildman–Crippen LogP) is 5.01. The lowest BCUT2D eigenvalue weighted by atomic mass is 10.2. The van der Waals surface area contributed by atoms with Gasteiger partial charge in [-0.2, -0.15) is 8.42 Å². The molecule has 3 aromatic carbocycles. The van der Waals surface area contributed by atoms with Crippen LogP contribution in [0.15, 0.2) is 87.6 Å². The van der Waals surface area contributed by atoms with Crippen LogP contribution < -0.4 is 14.2 Å². The molecular weight excluding hydrogens is 484 g/mol. The molecule has 0 atom stereocenters. The average Bonchev–Trinajstić information content (AvgIpc) is 3.14. The second-order valence-corrected chi connectivity index (χ2v) is 9.73. The molecule has 1 amide bonds. The Bertz CT molecular complexity index is 1360. The van der Waals surface area contributed by atoms with Gasteiger partial charge in [0, 0.05) is 5.02 Å². The molecule has 3 aromatic rings. The van der Waals surface area contributed by atoms with Crippen LogP contribution in [-0.2, 0) is 14.9 Å². The van der Waals surface area contributed by atoms with Gasteiger partial charge >= 0.3 is 10.1 Å². The first-order chi connectivity index (χ1) is 15.8. The van der Waals surface area contributed by atoms with Crippen LogP contribution in [0.25, 0.3) is 6.08 Å². The van der Waals surface area contributed by atoms with Crippen molar-refractivity contribution in [2.24, 2.45) is 4.99 Å². The molecule has 1 N–H and O–H groups in total. The van der Waals surface area contributed by atoms with Crippen molar-refractivity contribution in [2.75, 3.05) is 7.11 Å². The summed E-state index contributed by atoms with van der Waals surface area (Å²) in [5.41, 5.74) is 1.20. The van der Waals surface area contributed by atoms with Crippen LogP contribution >= 0.6 is 23.4 Å². The molecule has 0 aliphatic carbocycles. The van der Waals surface area contributed by atoms with Crippen molar-refractivity contribution in [3.8, 4) is 11.5 Å². The smallest absolute Gasteiger partial charge is 0.339 e. The highest BCUT2D eigenvalue weighted by atomic mass is 35.5. The molecule has 4 rings (SSSR count). The standard InChI is InChI=1S/C23H17ClN2O5S2/c1-30-19-12-7-15(13-20(19)31-33(28,29)18-5-3-2-4-6-18)14-21-22(27)26-23(32-21)25-17-10-8-16(24)9-11-17/h2-14H,1H3,(H,25,26,27)/b21-14-. The Kier molecular flexibility index (Phi) is 6.73. The van der Waals surface area contributed by atoms with Gasteiger partial charge in [-0.15, -0.1) is 0 Å². The summed E-state index contributed by atoms with van der Waals surface area (Å²) in [5.74, 6) is -0.0674. The Morgan fingerprint density at radius 1 is 1.00 bits per heavy atom. The number of benzene rings is 3. The number of amides is 1. The van der Waals surface area contributed by atoms with Crippen molar-refractivity contribution in [2.45, 2.75) is 4.90 Å². The van der Waals surface area contributed by atoms with E-state index in [0.717, 1.165) is 0 Å². The summed E-state index contributed by atoms with van der Waals surface area (Å²) in [6, 6.07) is 19.5. The summed E-state index contributed by atoms with van der Waals surface area (Å²) in [6.45, 7) is 0. The van der Waals surface area contributed by atoms with Crippen LogP contribution in [-0.4, -0.2) is 26.6 Å². The maximum Gasteiger partial charge on any atom is 0.339 e. The first kappa shape index (κ1) is 22.9. The van der Waals surface area contributed by atoms with Crippen LogP contribution in [0.4, 0.5) is 5.69 Å². The Hall–Kier alpha value is -3.27. The van der Waals surface area contributed by atoms with E-state index in [4.69, 9.17) is 20.5 Å². The van der Waals surface area contributed by atoms with Crippen molar-refractivity contribution in [1.82, 2.24) is 5.32 Å². The Morgan fingerprint density at radius 3 is 2.42 bits per heavy atom. The number of thioether (sulfide) groups is 1. The molecule has 1 aliphatic rings. The lowest BCUT2D eigenvalue weighted by Gasteiger charge is -2.11. The third-order valence-electron chi connectivity index (χ3n) is 4.42. The number of aliphatic imine (C=N–C) groups is 1. The zero-order chi connectivity index (χ0) is 23.4. The Balaban J connectivity index is 1.59. The van der Waals surface area contributed by atoms with Crippen LogP contribution in [0, 0.1) is 0 Å². The molecule has 0 bridgehead atoms. The number of ether oxygens (including phenoxy) is 1. The monoisotopic (exact) mass is 500 g/mol. The molecule has 1 saturated heterocycles. The summed E-state index contributed by atoms with van der Waals surface area (Å²) in [4.78, 5) is 17.2. The summed E-state index contributed by atoms with van der Waals surface area (Å²) in [6.07, 6.45) is 1.62. The zero-order valence-corrected chi connectivity index (χ0v) is 19.6. The van der Waals surface area contributed by atoms with E-state index in [9.17, 15) is 13.2 Å². The van der Waals surface area contributed by atoms with Gasteiger partial charge in [-0.3, -0.25) is 4.79 Å². The molecule has 0 radical (unpaired) electrons. The van der Waals surface area contributed by atoms with Crippen LogP contribution in [0.3, 0.4) is 0 Å². The van der Waals surface area contributed by atoms with E-state index in [1.807, 2.05) is 0 Å². The zero-order valence-electron chi connectivity index (χ0n) is 17.2. The molecule has 1 aliphatic heterocycles. The quantitative estimate of drug-likeness (QED) is 0.378. The van der Waals surface area contributed by atoms with Gasteiger partial charge in [-0.25, -0.2) is 4.99 Å². The summed E-state index contributed by atoms with van der Waals surface area (Å²) in [5, 5.41) is 3.72. The second-order valence-electron chi connectivity index (χ2n) is 6.72. The number of rotatable bonds is 6. The number of hydrogen-bond donors (Lipinski definition) is 1. The lowest BCUT2D eigenvalue weighted by molar-refractivity contribution is -0.115. The van der Waals surface area contributed by atoms with Crippen LogP contribution in [0.2, 0.25) is 5.02 Å². The second kappa shape index (κ2) is 9.70. The fourth-order valence-corrected chi connectivity index (χ4v) is 4.79. The topological polar surface area (TPSA) is 94.1 Å². The largest absolute Gasteiger partial charge is 0.493 e. The molecule has 1 heterocycles. The number of carbonyl (C=O) groups excluding carboxylic acids is 1. The molecule has 0 spiro atoms. The van der Waals surface area contributed by atoms with E-state index >= 15 is 0 Å². The van der Waals surface area contributed by atoms with Gasteiger partial charge in [0.1, 0.15) is 4.90 Å². The summed E-state index contributed by atoms with van der Waals surface area (Å²) < 4.78 is 35.8. The summed E-state index contributed by atoms with van der Waals surface area (Å²) in [7, 11) is -2.65. The van der Waals surface area contributed by atoms with Crippen molar-refractivity contribution < 1.29 is 22.1 Å². The number of nitrogens with zero attached hydrogens (tertiary/aromatic N) is 1. The molecule has 0 saturated carbocycles. The number of nitrogens with one attached hydrogen (secondary N) is 1. The van der Waals surface area contributed by atoms with Gasteiger partial charge in [0.2, 0.25) is 0 Å². The number of hydrogen-bond acceptors (Lipinski definition) is 7. The molecule has 7 nitrogen and oxygen atoms in total. The van der Waals surface area contributed by atoms with E-state index < -0.39 is 10.1 Å². The van der Waals surface area contributed by atoms with Crippen LogP contribution in [0.5, 0.6) is 11.5 Å². The van der Waals surface area contributed by atoms with Crippen molar-refractivity contribution >= 4 is 56.3 Å². The molecule has 0 aromatic heterocycles. The molecule has 10 heteroatoms. The Morgan fingerprint density at radius 2 is 1.73 bits per heavy atom. The lowest BCUT2D eigenvalue weighted by Crippen LogP contribution is -2.19. The number of halogens is 1. The van der Waals surface area contributed by atoms with E-state index in [2.05, 4.69) is 10.3 Å². The molecule has 1 fully saturated rings. The van der Waals surface area contributed by atoms with Crippen molar-refractivity contribution in [3.05, 3.63) is 88.3 Å². The highest BCUT2D eigenvalue weighted by molar-refractivity contribution is 8.18. The number of methoxy groups -OCH3 is 1. The van der Waals surface area contributed by atoms with Gasteiger partial charge < -0.3 is 14.2 Å². The van der Waals surface area contributed by atoms with E-state index in [1.54, 1.807) is 60.7 Å². The fourth-order valence-electron chi connectivity index (χ4n) is 2.87. The number of carbonyl (C=O) groups is 1. The molecule has 168 valence electrons. The van der Waals surface area contributed by atoms with Crippen LogP contribution in [0.1, 0.15) is 5.56 Å². The normalized spacial score (nSPS) is 16.1. The average molecular weight is 501 g/mol. The van der Waals surface area contributed by atoms with Gasteiger partial charge in [0.25, 0.3) is 5.91 Å². The highest BCUT2D eigenvalue weighted by Gasteiger charge is 2.24. The molecular formula is C23H17ClN2O5S2.